The van der Waals surface area contributed by atoms with Crippen LogP contribution in [0.3, 0.4) is 0 Å². The lowest BCUT2D eigenvalue weighted by Crippen LogP contribution is -2.47. The minimum atomic E-state index is 0.210. The van der Waals surface area contributed by atoms with Gasteiger partial charge in [-0.25, -0.2) is 0 Å². The van der Waals surface area contributed by atoms with E-state index >= 15 is 0 Å². The molecule has 0 heterocycles. The number of rotatable bonds is 5. The molecule has 0 amide bonds. The van der Waals surface area contributed by atoms with E-state index in [0.717, 1.165) is 25.1 Å². The van der Waals surface area contributed by atoms with Gasteiger partial charge in [0.25, 0.3) is 0 Å². The Hall–Kier alpha value is -0.730. The van der Waals surface area contributed by atoms with Crippen LogP contribution in [0.15, 0.2) is 24.3 Å². The van der Waals surface area contributed by atoms with Crippen molar-refractivity contribution in [2.45, 2.75) is 52.2 Å². The van der Waals surface area contributed by atoms with E-state index < -0.39 is 0 Å². The van der Waals surface area contributed by atoms with E-state index in [1.165, 1.54) is 6.42 Å². The molecule has 19 heavy (non-hydrogen) atoms. The van der Waals surface area contributed by atoms with Gasteiger partial charge in [-0.05, 0) is 43.4 Å². The van der Waals surface area contributed by atoms with Crippen molar-refractivity contribution in [2.24, 2.45) is 5.41 Å². The van der Waals surface area contributed by atoms with Crippen molar-refractivity contribution in [2.75, 3.05) is 6.54 Å². The number of para-hydroxylation sites is 1. The molecule has 0 spiro atoms. The monoisotopic (exact) mass is 281 g/mol. The van der Waals surface area contributed by atoms with Crippen LogP contribution in [0.4, 0.5) is 0 Å². The molecule has 0 aliphatic heterocycles. The zero-order valence-corrected chi connectivity index (χ0v) is 12.8. The third-order valence-electron chi connectivity index (χ3n) is 4.02. The third-order valence-corrected chi connectivity index (χ3v) is 4.33. The molecule has 1 aliphatic carbocycles. The van der Waals surface area contributed by atoms with Crippen LogP contribution in [-0.4, -0.2) is 18.7 Å². The molecule has 1 N–H and O–H groups in total. The Morgan fingerprint density at radius 2 is 2.11 bits per heavy atom. The molecule has 2 unspecified atom stereocenters. The summed E-state index contributed by atoms with van der Waals surface area (Å²) in [7, 11) is 0. The zero-order valence-electron chi connectivity index (χ0n) is 12.1. The molecule has 0 bridgehead atoms. The van der Waals surface area contributed by atoms with Crippen LogP contribution in [0, 0.1) is 5.41 Å². The fourth-order valence-electron chi connectivity index (χ4n) is 2.88. The molecular weight excluding hydrogens is 258 g/mol. The van der Waals surface area contributed by atoms with Crippen LogP contribution in [0.1, 0.15) is 40.0 Å². The Bertz CT molecular complexity index is 419. The number of nitrogens with one attached hydrogen (secondary N) is 1. The zero-order chi connectivity index (χ0) is 13.9. The maximum absolute atomic E-state index is 6.18. The molecule has 2 nitrogen and oxygen atoms in total. The molecular formula is C16H24ClNO. The molecule has 1 aromatic carbocycles. The lowest BCUT2D eigenvalue weighted by atomic mass is 9.87. The topological polar surface area (TPSA) is 21.3 Å². The summed E-state index contributed by atoms with van der Waals surface area (Å²) in [5, 5.41) is 4.34. The van der Waals surface area contributed by atoms with E-state index in [1.54, 1.807) is 0 Å². The van der Waals surface area contributed by atoms with Crippen molar-refractivity contribution in [1.29, 1.82) is 0 Å². The number of hydrogen-bond acceptors (Lipinski definition) is 2. The Morgan fingerprint density at radius 3 is 2.79 bits per heavy atom. The van der Waals surface area contributed by atoms with Gasteiger partial charge in [0.1, 0.15) is 11.9 Å². The number of halogens is 1. The average molecular weight is 282 g/mol. The van der Waals surface area contributed by atoms with E-state index in [-0.39, 0.29) is 11.5 Å². The van der Waals surface area contributed by atoms with Crippen LogP contribution in [0.25, 0.3) is 0 Å². The Kier molecular flexibility index (Phi) is 4.75. The first-order valence-corrected chi connectivity index (χ1v) is 7.57. The van der Waals surface area contributed by atoms with E-state index in [2.05, 4.69) is 26.1 Å². The molecule has 2 rings (SSSR count). The largest absolute Gasteiger partial charge is 0.487 e. The fourth-order valence-corrected chi connectivity index (χ4v) is 3.06. The molecule has 1 aliphatic rings. The molecule has 1 aromatic rings. The summed E-state index contributed by atoms with van der Waals surface area (Å²) in [6, 6.07) is 8.12. The Balaban J connectivity index is 2.08. The standard InChI is InChI=1S/C16H24ClNO/c1-4-11-18-15-14(9-10-16(15,2)3)19-13-8-6-5-7-12(13)17/h5-8,14-15,18H,4,9-11H2,1-3H3. The van der Waals surface area contributed by atoms with Crippen molar-refractivity contribution in [3.05, 3.63) is 29.3 Å². The van der Waals surface area contributed by atoms with Crippen molar-refractivity contribution < 1.29 is 4.74 Å². The predicted molar refractivity (Wildman–Crippen MR) is 81.0 cm³/mol. The highest BCUT2D eigenvalue weighted by molar-refractivity contribution is 6.32. The van der Waals surface area contributed by atoms with Crippen molar-refractivity contribution in [1.82, 2.24) is 5.32 Å². The van der Waals surface area contributed by atoms with Gasteiger partial charge in [-0.15, -0.1) is 0 Å². The van der Waals surface area contributed by atoms with Gasteiger partial charge in [-0.2, -0.15) is 0 Å². The lowest BCUT2D eigenvalue weighted by Gasteiger charge is -2.31. The molecule has 2 atom stereocenters. The summed E-state index contributed by atoms with van der Waals surface area (Å²) >= 11 is 6.18. The lowest BCUT2D eigenvalue weighted by molar-refractivity contribution is 0.140. The second-order valence-corrected chi connectivity index (χ2v) is 6.45. The van der Waals surface area contributed by atoms with Crippen LogP contribution in [0.5, 0.6) is 5.75 Å². The summed E-state index contributed by atoms with van der Waals surface area (Å²) in [5.74, 6) is 0.801. The van der Waals surface area contributed by atoms with E-state index in [1.807, 2.05) is 24.3 Å². The number of ether oxygens (including phenoxy) is 1. The van der Waals surface area contributed by atoms with Crippen molar-refractivity contribution >= 4 is 11.6 Å². The summed E-state index contributed by atoms with van der Waals surface area (Å²) in [6.45, 7) is 7.86. The predicted octanol–water partition coefficient (Wildman–Crippen LogP) is 4.28. The SMILES string of the molecule is CCCNC1C(Oc2ccccc2Cl)CCC1(C)C. The summed E-state index contributed by atoms with van der Waals surface area (Å²) in [5.41, 5.74) is 0.279. The fraction of sp³-hybridized carbons (Fsp3) is 0.625. The highest BCUT2D eigenvalue weighted by Gasteiger charge is 2.43. The van der Waals surface area contributed by atoms with Crippen LogP contribution < -0.4 is 10.1 Å². The minimum absolute atomic E-state index is 0.210. The first-order chi connectivity index (χ1) is 9.04. The van der Waals surface area contributed by atoms with Gasteiger partial charge in [0.2, 0.25) is 0 Å². The van der Waals surface area contributed by atoms with Crippen LogP contribution in [-0.2, 0) is 0 Å². The van der Waals surface area contributed by atoms with Gasteiger partial charge >= 0.3 is 0 Å². The highest BCUT2D eigenvalue weighted by atomic mass is 35.5. The molecule has 106 valence electrons. The second-order valence-electron chi connectivity index (χ2n) is 6.05. The van der Waals surface area contributed by atoms with E-state index in [9.17, 15) is 0 Å². The van der Waals surface area contributed by atoms with Gasteiger partial charge in [-0.1, -0.05) is 44.5 Å². The summed E-state index contributed by atoms with van der Waals surface area (Å²) in [6.07, 6.45) is 3.62. The summed E-state index contributed by atoms with van der Waals surface area (Å²) in [4.78, 5) is 0. The van der Waals surface area contributed by atoms with Gasteiger partial charge in [0.05, 0.1) is 5.02 Å². The van der Waals surface area contributed by atoms with Gasteiger partial charge in [-0.3, -0.25) is 0 Å². The minimum Gasteiger partial charge on any atom is -0.487 e. The second kappa shape index (κ2) is 6.15. The molecule has 0 saturated heterocycles. The Labute approximate surface area is 121 Å². The normalized spacial score (nSPS) is 25.5. The number of benzene rings is 1. The average Bonchev–Trinajstić information content (AvgIpc) is 2.65. The first kappa shape index (κ1) is 14.7. The van der Waals surface area contributed by atoms with Gasteiger partial charge < -0.3 is 10.1 Å². The molecule has 0 aromatic heterocycles. The highest BCUT2D eigenvalue weighted by Crippen LogP contribution is 2.40. The maximum Gasteiger partial charge on any atom is 0.138 e. The molecule has 1 saturated carbocycles. The van der Waals surface area contributed by atoms with Crippen LogP contribution in [0.2, 0.25) is 5.02 Å². The van der Waals surface area contributed by atoms with E-state index in [4.69, 9.17) is 16.3 Å². The molecule has 0 radical (unpaired) electrons. The van der Waals surface area contributed by atoms with Crippen LogP contribution >= 0.6 is 11.6 Å². The molecule has 3 heteroatoms. The van der Waals surface area contributed by atoms with Gasteiger partial charge in [0.15, 0.2) is 0 Å². The van der Waals surface area contributed by atoms with Crippen molar-refractivity contribution in [3.63, 3.8) is 0 Å². The quantitative estimate of drug-likeness (QED) is 0.870. The third kappa shape index (κ3) is 3.43. The van der Waals surface area contributed by atoms with E-state index in [0.29, 0.717) is 11.1 Å². The first-order valence-electron chi connectivity index (χ1n) is 7.19. The van der Waals surface area contributed by atoms with Crippen molar-refractivity contribution in [3.8, 4) is 5.75 Å². The summed E-state index contributed by atoms with van der Waals surface area (Å²) < 4.78 is 6.16. The molecule has 1 fully saturated rings. The smallest absolute Gasteiger partial charge is 0.138 e. The van der Waals surface area contributed by atoms with Gasteiger partial charge in [0, 0.05) is 6.04 Å². The number of hydrogen-bond donors (Lipinski definition) is 1. The Morgan fingerprint density at radius 1 is 1.37 bits per heavy atom. The maximum atomic E-state index is 6.18.